The van der Waals surface area contributed by atoms with Gasteiger partial charge in [0, 0.05) is 30.1 Å². The normalized spacial score (nSPS) is 26.2. The number of methoxy groups -OCH3 is 3. The molecule has 2 fully saturated rings. The molecule has 1 aliphatic carbocycles. The Morgan fingerprint density at radius 2 is 1.74 bits per heavy atom. The van der Waals surface area contributed by atoms with Crippen molar-refractivity contribution in [3.63, 3.8) is 0 Å². The molecule has 6 heteroatoms. The second-order valence-electron chi connectivity index (χ2n) is 8.67. The van der Waals surface area contributed by atoms with E-state index in [2.05, 4.69) is 11.0 Å². The van der Waals surface area contributed by atoms with Gasteiger partial charge in [-0.2, -0.15) is 0 Å². The molecule has 0 bridgehead atoms. The summed E-state index contributed by atoms with van der Waals surface area (Å²) >= 11 is 6.50. The fraction of sp³-hybridized carbons (Fsp3) is 0.520. The Kier molecular flexibility index (Phi) is 6.65. The van der Waals surface area contributed by atoms with Crippen molar-refractivity contribution in [1.82, 2.24) is 4.90 Å². The third-order valence-corrected chi connectivity index (χ3v) is 7.40. The van der Waals surface area contributed by atoms with Gasteiger partial charge in [0.25, 0.3) is 0 Å². The second-order valence-corrected chi connectivity index (χ2v) is 9.08. The van der Waals surface area contributed by atoms with Crippen LogP contribution in [0.3, 0.4) is 0 Å². The summed E-state index contributed by atoms with van der Waals surface area (Å²) < 4.78 is 16.8. The van der Waals surface area contributed by atoms with Crippen LogP contribution >= 0.6 is 11.6 Å². The quantitative estimate of drug-likeness (QED) is 0.659. The lowest BCUT2D eigenvalue weighted by atomic mass is 9.66. The van der Waals surface area contributed by atoms with Crippen LogP contribution < -0.4 is 14.2 Å². The number of halogens is 1. The molecule has 0 amide bonds. The van der Waals surface area contributed by atoms with Crippen LogP contribution in [0.25, 0.3) is 0 Å². The fourth-order valence-corrected chi connectivity index (χ4v) is 5.68. The third-order valence-electron chi connectivity index (χ3n) is 7.03. The molecule has 4 rings (SSSR count). The largest absolute Gasteiger partial charge is 0.493 e. The molecule has 0 radical (unpaired) electrons. The Morgan fingerprint density at radius 3 is 2.39 bits per heavy atom. The van der Waals surface area contributed by atoms with E-state index < -0.39 is 5.60 Å². The number of fused-ring (bicyclic) bond motifs is 1. The number of nitrogens with zero attached hydrogens (tertiary/aromatic N) is 1. The number of hydrogen-bond donors (Lipinski definition) is 1. The van der Waals surface area contributed by atoms with Crippen molar-refractivity contribution in [2.24, 2.45) is 5.92 Å². The summed E-state index contributed by atoms with van der Waals surface area (Å²) in [5.74, 6) is 2.00. The highest BCUT2D eigenvalue weighted by atomic mass is 35.5. The molecule has 31 heavy (non-hydrogen) atoms. The third kappa shape index (κ3) is 4.23. The fourth-order valence-electron chi connectivity index (χ4n) is 5.48. The highest BCUT2D eigenvalue weighted by Gasteiger charge is 2.49. The number of ether oxygens (including phenoxy) is 3. The molecule has 2 aromatic rings. The van der Waals surface area contributed by atoms with Crippen LogP contribution in [-0.2, 0) is 6.54 Å². The molecule has 0 aromatic heterocycles. The average Bonchev–Trinajstić information content (AvgIpc) is 2.79. The van der Waals surface area contributed by atoms with E-state index in [0.29, 0.717) is 17.2 Å². The van der Waals surface area contributed by atoms with Gasteiger partial charge in [0.2, 0.25) is 5.75 Å². The summed E-state index contributed by atoms with van der Waals surface area (Å²) in [4.78, 5) is 2.45. The average molecular weight is 446 g/mol. The lowest BCUT2D eigenvalue weighted by Gasteiger charge is -2.53. The molecule has 1 N–H and O–H groups in total. The molecule has 5 nitrogen and oxygen atoms in total. The van der Waals surface area contributed by atoms with Gasteiger partial charge >= 0.3 is 0 Å². The van der Waals surface area contributed by atoms with E-state index in [4.69, 9.17) is 25.8 Å². The smallest absolute Gasteiger partial charge is 0.203 e. The van der Waals surface area contributed by atoms with Crippen LogP contribution in [0.4, 0.5) is 0 Å². The Bertz CT molecular complexity index is 895. The van der Waals surface area contributed by atoms with Crippen molar-refractivity contribution >= 4 is 11.6 Å². The van der Waals surface area contributed by atoms with E-state index >= 15 is 0 Å². The van der Waals surface area contributed by atoms with Crippen molar-refractivity contribution in [1.29, 1.82) is 0 Å². The standard InChI is InChI=1S/C25H32ClNO4/c1-29-21-14-18(15-22(30-2)24(21)31-3)23-19-9-6-7-11-25(19,28)12-13-27(23)16-17-8-4-5-10-20(17)26/h4-5,8,10,14-15,19,23,28H,6-7,9,11-13,16H2,1-3H3. The zero-order valence-electron chi connectivity index (χ0n) is 18.6. The summed E-state index contributed by atoms with van der Waals surface area (Å²) in [6.07, 6.45) is 4.85. The van der Waals surface area contributed by atoms with Gasteiger partial charge in [-0.25, -0.2) is 0 Å². The molecular weight excluding hydrogens is 414 g/mol. The van der Waals surface area contributed by atoms with E-state index in [0.717, 1.165) is 61.3 Å². The van der Waals surface area contributed by atoms with Crippen LogP contribution in [0.1, 0.15) is 49.3 Å². The Labute approximate surface area is 189 Å². The van der Waals surface area contributed by atoms with Crippen LogP contribution in [0.15, 0.2) is 36.4 Å². The predicted octanol–water partition coefficient (Wildman–Crippen LogP) is 5.23. The number of rotatable bonds is 6. The molecule has 0 spiro atoms. The van der Waals surface area contributed by atoms with Crippen molar-refractivity contribution in [2.75, 3.05) is 27.9 Å². The molecular formula is C25H32ClNO4. The van der Waals surface area contributed by atoms with Gasteiger partial charge < -0.3 is 19.3 Å². The summed E-state index contributed by atoms with van der Waals surface area (Å²) in [6.45, 7) is 1.53. The molecule has 3 atom stereocenters. The summed E-state index contributed by atoms with van der Waals surface area (Å²) in [5, 5.41) is 12.3. The first kappa shape index (κ1) is 22.3. The van der Waals surface area contributed by atoms with E-state index in [1.54, 1.807) is 21.3 Å². The highest BCUT2D eigenvalue weighted by Crippen LogP contribution is 2.52. The number of hydrogen-bond acceptors (Lipinski definition) is 5. The van der Waals surface area contributed by atoms with Crippen molar-refractivity contribution in [3.05, 3.63) is 52.5 Å². The minimum atomic E-state index is -0.639. The van der Waals surface area contributed by atoms with Crippen molar-refractivity contribution in [2.45, 2.75) is 50.3 Å². The van der Waals surface area contributed by atoms with Gasteiger partial charge in [-0.3, -0.25) is 4.90 Å². The minimum Gasteiger partial charge on any atom is -0.493 e. The Hall–Kier alpha value is -1.95. The second kappa shape index (κ2) is 9.27. The summed E-state index contributed by atoms with van der Waals surface area (Å²) in [6, 6.07) is 12.1. The van der Waals surface area contributed by atoms with Gasteiger partial charge in [-0.1, -0.05) is 42.6 Å². The first-order valence-electron chi connectivity index (χ1n) is 11.0. The number of benzene rings is 2. The van der Waals surface area contributed by atoms with Crippen LogP contribution in [0.5, 0.6) is 17.2 Å². The maximum absolute atomic E-state index is 11.6. The maximum Gasteiger partial charge on any atom is 0.203 e. The summed E-state index contributed by atoms with van der Waals surface area (Å²) in [5.41, 5.74) is 1.54. The van der Waals surface area contributed by atoms with Crippen LogP contribution in [0, 0.1) is 5.92 Å². The molecule has 1 aliphatic heterocycles. The highest BCUT2D eigenvalue weighted by molar-refractivity contribution is 6.31. The van der Waals surface area contributed by atoms with Gasteiger partial charge in [-0.05, 0) is 48.6 Å². The first-order valence-corrected chi connectivity index (χ1v) is 11.4. The number of piperidine rings is 1. The molecule has 2 aromatic carbocycles. The predicted molar refractivity (Wildman–Crippen MR) is 122 cm³/mol. The van der Waals surface area contributed by atoms with Gasteiger partial charge in [0.1, 0.15) is 0 Å². The van der Waals surface area contributed by atoms with E-state index in [9.17, 15) is 5.11 Å². The Morgan fingerprint density at radius 1 is 1.03 bits per heavy atom. The number of likely N-dealkylation sites (tertiary alicyclic amines) is 1. The lowest BCUT2D eigenvalue weighted by Crippen LogP contribution is -2.54. The van der Waals surface area contributed by atoms with Crippen molar-refractivity contribution in [3.8, 4) is 17.2 Å². The number of aliphatic hydroxyl groups is 1. The lowest BCUT2D eigenvalue weighted by molar-refractivity contribution is -0.126. The maximum atomic E-state index is 11.6. The first-order chi connectivity index (χ1) is 15.0. The topological polar surface area (TPSA) is 51.2 Å². The minimum absolute atomic E-state index is 0.0315. The molecule has 1 heterocycles. The summed E-state index contributed by atoms with van der Waals surface area (Å²) in [7, 11) is 4.89. The van der Waals surface area contributed by atoms with Crippen LogP contribution in [0.2, 0.25) is 5.02 Å². The molecule has 168 valence electrons. The van der Waals surface area contributed by atoms with Crippen LogP contribution in [-0.4, -0.2) is 43.5 Å². The zero-order chi connectivity index (χ0) is 22.0. The van der Waals surface area contributed by atoms with Gasteiger partial charge in [-0.15, -0.1) is 0 Å². The van der Waals surface area contributed by atoms with E-state index in [1.807, 2.05) is 30.3 Å². The van der Waals surface area contributed by atoms with Crippen molar-refractivity contribution < 1.29 is 19.3 Å². The van der Waals surface area contributed by atoms with Gasteiger partial charge in [0.15, 0.2) is 11.5 Å². The van der Waals surface area contributed by atoms with E-state index in [-0.39, 0.29) is 12.0 Å². The molecule has 3 unspecified atom stereocenters. The molecule has 2 aliphatic rings. The molecule has 1 saturated carbocycles. The zero-order valence-corrected chi connectivity index (χ0v) is 19.3. The van der Waals surface area contributed by atoms with Gasteiger partial charge in [0.05, 0.1) is 26.9 Å². The SMILES string of the molecule is COc1cc(C2C3CCCCC3(O)CCN2Cc2ccccc2Cl)cc(OC)c1OC. The molecule has 1 saturated heterocycles. The van der Waals surface area contributed by atoms with E-state index in [1.165, 1.54) is 0 Å². The Balaban J connectivity index is 1.79. The monoisotopic (exact) mass is 445 g/mol.